The molecule has 0 saturated carbocycles. The van der Waals surface area contributed by atoms with Crippen LogP contribution in [0.5, 0.6) is 0 Å². The van der Waals surface area contributed by atoms with Gasteiger partial charge in [0.25, 0.3) is 0 Å². The Hall–Kier alpha value is -1.58. The van der Waals surface area contributed by atoms with E-state index >= 15 is 0 Å². The van der Waals surface area contributed by atoms with E-state index in [-0.39, 0.29) is 5.38 Å². The van der Waals surface area contributed by atoms with Crippen LogP contribution < -0.4 is 5.32 Å². The molecule has 0 radical (unpaired) electrons. The molecule has 1 aromatic heterocycles. The van der Waals surface area contributed by atoms with Crippen LogP contribution >= 0.6 is 22.9 Å². The number of halogens is 1. The lowest BCUT2D eigenvalue weighted by Gasteiger charge is -2.09. The molecular formula is C15H13ClN2S. The van der Waals surface area contributed by atoms with Crippen molar-refractivity contribution >= 4 is 38.3 Å². The molecular weight excluding hydrogens is 276 g/mol. The first kappa shape index (κ1) is 12.5. The molecule has 1 N–H and O–H groups in total. The quantitative estimate of drug-likeness (QED) is 0.705. The van der Waals surface area contributed by atoms with E-state index < -0.39 is 0 Å². The highest BCUT2D eigenvalue weighted by atomic mass is 35.5. The molecule has 1 unspecified atom stereocenters. The number of thiazole rings is 1. The summed E-state index contributed by atoms with van der Waals surface area (Å²) in [7, 11) is 0. The third-order valence-electron chi connectivity index (χ3n) is 2.89. The number of anilines is 1. The number of fused-ring (bicyclic) bond motifs is 1. The Kier molecular flexibility index (Phi) is 3.67. The van der Waals surface area contributed by atoms with Gasteiger partial charge in [0, 0.05) is 6.54 Å². The van der Waals surface area contributed by atoms with Gasteiger partial charge in [-0.2, -0.15) is 0 Å². The molecule has 19 heavy (non-hydrogen) atoms. The first-order valence-corrected chi connectivity index (χ1v) is 7.37. The maximum Gasteiger partial charge on any atom is 0.183 e. The van der Waals surface area contributed by atoms with Gasteiger partial charge in [-0.3, -0.25) is 0 Å². The molecule has 2 nitrogen and oxygen atoms in total. The zero-order valence-electron chi connectivity index (χ0n) is 10.2. The topological polar surface area (TPSA) is 24.9 Å². The zero-order chi connectivity index (χ0) is 13.1. The Labute approximate surface area is 121 Å². The fourth-order valence-electron chi connectivity index (χ4n) is 1.90. The summed E-state index contributed by atoms with van der Waals surface area (Å²) in [5, 5.41) is 4.18. The molecule has 0 aliphatic rings. The zero-order valence-corrected chi connectivity index (χ0v) is 11.8. The van der Waals surface area contributed by atoms with Crippen LogP contribution in [-0.2, 0) is 0 Å². The molecule has 3 aromatic rings. The van der Waals surface area contributed by atoms with Crippen LogP contribution in [0.15, 0.2) is 54.6 Å². The monoisotopic (exact) mass is 288 g/mol. The lowest BCUT2D eigenvalue weighted by Crippen LogP contribution is -2.07. The van der Waals surface area contributed by atoms with E-state index in [9.17, 15) is 0 Å². The maximum absolute atomic E-state index is 6.37. The molecule has 0 aliphatic carbocycles. The van der Waals surface area contributed by atoms with E-state index in [1.54, 1.807) is 11.3 Å². The summed E-state index contributed by atoms with van der Waals surface area (Å²) in [5.74, 6) is 0. The highest BCUT2D eigenvalue weighted by molar-refractivity contribution is 7.22. The number of nitrogens with one attached hydrogen (secondary N) is 1. The predicted molar refractivity (Wildman–Crippen MR) is 83.1 cm³/mol. The molecule has 0 aliphatic heterocycles. The maximum atomic E-state index is 6.37. The van der Waals surface area contributed by atoms with Crippen LogP contribution in [0, 0.1) is 0 Å². The number of benzene rings is 2. The molecule has 1 heterocycles. The van der Waals surface area contributed by atoms with Gasteiger partial charge in [-0.05, 0) is 17.7 Å². The van der Waals surface area contributed by atoms with Crippen molar-refractivity contribution in [2.45, 2.75) is 5.38 Å². The minimum Gasteiger partial charge on any atom is -0.360 e. The van der Waals surface area contributed by atoms with Crippen molar-refractivity contribution in [3.63, 3.8) is 0 Å². The van der Waals surface area contributed by atoms with Crippen LogP contribution in [0.2, 0.25) is 0 Å². The number of hydrogen-bond acceptors (Lipinski definition) is 3. The molecule has 0 spiro atoms. The molecule has 0 fully saturated rings. The van der Waals surface area contributed by atoms with Crippen molar-refractivity contribution in [3.8, 4) is 0 Å². The molecule has 1 atom stereocenters. The van der Waals surface area contributed by atoms with Crippen molar-refractivity contribution in [1.29, 1.82) is 0 Å². The van der Waals surface area contributed by atoms with Crippen molar-refractivity contribution in [2.24, 2.45) is 0 Å². The third kappa shape index (κ3) is 2.88. The fraction of sp³-hybridized carbons (Fsp3) is 0.133. The van der Waals surface area contributed by atoms with E-state index in [1.165, 1.54) is 4.70 Å². The minimum atomic E-state index is -0.0480. The number of nitrogens with zero attached hydrogens (tertiary/aromatic N) is 1. The van der Waals surface area contributed by atoms with Crippen molar-refractivity contribution in [3.05, 3.63) is 60.2 Å². The highest BCUT2D eigenvalue weighted by Gasteiger charge is 2.08. The van der Waals surface area contributed by atoms with Crippen molar-refractivity contribution < 1.29 is 0 Å². The van der Waals surface area contributed by atoms with Gasteiger partial charge >= 0.3 is 0 Å². The second kappa shape index (κ2) is 5.59. The summed E-state index contributed by atoms with van der Waals surface area (Å²) in [6, 6.07) is 18.2. The molecule has 96 valence electrons. The van der Waals surface area contributed by atoms with Crippen LogP contribution in [0.3, 0.4) is 0 Å². The van der Waals surface area contributed by atoms with Gasteiger partial charge in [0.1, 0.15) is 0 Å². The average Bonchev–Trinajstić information content (AvgIpc) is 2.88. The van der Waals surface area contributed by atoms with E-state index in [1.807, 2.05) is 48.5 Å². The Morgan fingerprint density at radius 1 is 1.05 bits per heavy atom. The summed E-state index contributed by atoms with van der Waals surface area (Å²) in [6.45, 7) is 0.672. The van der Waals surface area contributed by atoms with Crippen molar-refractivity contribution in [1.82, 2.24) is 4.98 Å². The first-order valence-electron chi connectivity index (χ1n) is 6.11. The third-order valence-corrected chi connectivity index (χ3v) is 4.29. The minimum absolute atomic E-state index is 0.0480. The van der Waals surface area contributed by atoms with Gasteiger partial charge in [0.2, 0.25) is 0 Å². The normalized spacial score (nSPS) is 12.5. The Balaban J connectivity index is 1.69. The van der Waals surface area contributed by atoms with E-state index in [0.717, 1.165) is 16.2 Å². The van der Waals surface area contributed by atoms with Gasteiger partial charge in [-0.25, -0.2) is 4.98 Å². The Bertz CT molecular complexity index is 633. The van der Waals surface area contributed by atoms with E-state index in [4.69, 9.17) is 11.6 Å². The number of aromatic nitrogens is 1. The highest BCUT2D eigenvalue weighted by Crippen LogP contribution is 2.27. The first-order chi connectivity index (χ1) is 9.33. The summed E-state index contributed by atoms with van der Waals surface area (Å²) in [6.07, 6.45) is 0. The van der Waals surface area contributed by atoms with Gasteiger partial charge in [0.05, 0.1) is 15.6 Å². The molecule has 0 amide bonds. The lowest BCUT2D eigenvalue weighted by molar-refractivity contribution is 0.975. The fourth-order valence-corrected chi connectivity index (χ4v) is 3.00. The van der Waals surface area contributed by atoms with Crippen LogP contribution in [-0.4, -0.2) is 11.5 Å². The summed E-state index contributed by atoms with van der Waals surface area (Å²) < 4.78 is 1.19. The van der Waals surface area contributed by atoms with Crippen LogP contribution in [0.4, 0.5) is 5.13 Å². The summed E-state index contributed by atoms with van der Waals surface area (Å²) in [5.41, 5.74) is 2.15. The lowest BCUT2D eigenvalue weighted by atomic mass is 10.1. The molecule has 3 rings (SSSR count). The Morgan fingerprint density at radius 2 is 1.79 bits per heavy atom. The number of alkyl halides is 1. The Morgan fingerprint density at radius 3 is 2.58 bits per heavy atom. The standard InChI is InChI=1S/C15H13ClN2S/c16-12(11-6-2-1-3-7-11)10-17-15-18-13-8-4-5-9-14(13)19-15/h1-9,12H,10H2,(H,17,18). The van der Waals surface area contributed by atoms with Gasteiger partial charge in [-0.15, -0.1) is 11.6 Å². The molecule has 2 aromatic carbocycles. The molecule has 0 bridgehead atoms. The second-order valence-corrected chi connectivity index (χ2v) is 5.80. The largest absolute Gasteiger partial charge is 0.360 e. The number of hydrogen-bond donors (Lipinski definition) is 1. The average molecular weight is 289 g/mol. The predicted octanol–water partition coefficient (Wildman–Crippen LogP) is 4.69. The summed E-state index contributed by atoms with van der Waals surface area (Å²) in [4.78, 5) is 4.53. The van der Waals surface area contributed by atoms with Gasteiger partial charge < -0.3 is 5.32 Å². The molecule has 4 heteroatoms. The SMILES string of the molecule is ClC(CNc1nc2ccccc2s1)c1ccccc1. The second-order valence-electron chi connectivity index (χ2n) is 4.25. The number of rotatable bonds is 4. The van der Waals surface area contributed by atoms with E-state index in [0.29, 0.717) is 6.54 Å². The van der Waals surface area contributed by atoms with Crippen LogP contribution in [0.25, 0.3) is 10.2 Å². The smallest absolute Gasteiger partial charge is 0.183 e. The van der Waals surface area contributed by atoms with Crippen molar-refractivity contribution in [2.75, 3.05) is 11.9 Å². The summed E-state index contributed by atoms with van der Waals surface area (Å²) >= 11 is 8.02. The van der Waals surface area contributed by atoms with Gasteiger partial charge in [-0.1, -0.05) is 53.8 Å². The molecule has 0 saturated heterocycles. The van der Waals surface area contributed by atoms with E-state index in [2.05, 4.69) is 16.4 Å². The van der Waals surface area contributed by atoms with Gasteiger partial charge in [0.15, 0.2) is 5.13 Å². The van der Waals surface area contributed by atoms with Crippen LogP contribution in [0.1, 0.15) is 10.9 Å². The number of para-hydroxylation sites is 1.